The first-order chi connectivity index (χ1) is 12.6. The van der Waals surface area contributed by atoms with Gasteiger partial charge in [0.1, 0.15) is 5.69 Å². The lowest BCUT2D eigenvalue weighted by Crippen LogP contribution is -2.38. The van der Waals surface area contributed by atoms with Crippen LogP contribution in [0.2, 0.25) is 0 Å². The number of hydrogen-bond acceptors (Lipinski definition) is 5. The van der Waals surface area contributed by atoms with E-state index in [1.807, 2.05) is 17.0 Å². The Balaban J connectivity index is 1.73. The summed E-state index contributed by atoms with van der Waals surface area (Å²) in [6.07, 6.45) is 0. The van der Waals surface area contributed by atoms with E-state index in [2.05, 4.69) is 4.36 Å². The second-order valence-electron chi connectivity index (χ2n) is 5.69. The molecule has 0 unspecified atom stereocenters. The SMILES string of the molecule is N#Cc1ccc(N2CCS(=NC(=O)c3ccccc3)CC2)c([N+](=O)[O-])c1. The van der Waals surface area contributed by atoms with Crippen LogP contribution >= 0.6 is 0 Å². The van der Waals surface area contributed by atoms with Crippen molar-refractivity contribution in [1.29, 1.82) is 5.26 Å². The Labute approximate surface area is 153 Å². The topological polar surface area (TPSA) is 99.6 Å². The zero-order chi connectivity index (χ0) is 18.5. The number of nitro benzene ring substituents is 1. The Morgan fingerprint density at radius 1 is 1.19 bits per heavy atom. The van der Waals surface area contributed by atoms with Gasteiger partial charge in [0.25, 0.3) is 11.6 Å². The van der Waals surface area contributed by atoms with Gasteiger partial charge < -0.3 is 4.90 Å². The maximum atomic E-state index is 12.2. The number of anilines is 1. The number of nitrogens with zero attached hydrogens (tertiary/aromatic N) is 4. The summed E-state index contributed by atoms with van der Waals surface area (Å²) in [5.74, 6) is 1.14. The zero-order valence-corrected chi connectivity index (χ0v) is 14.7. The fourth-order valence-corrected chi connectivity index (χ4v) is 4.32. The normalized spacial score (nSPS) is 14.5. The lowest BCUT2D eigenvalue weighted by atomic mass is 10.1. The average molecular weight is 368 g/mol. The fourth-order valence-electron chi connectivity index (χ4n) is 2.73. The van der Waals surface area contributed by atoms with Crippen molar-refractivity contribution in [2.45, 2.75) is 0 Å². The monoisotopic (exact) mass is 368 g/mol. The lowest BCUT2D eigenvalue weighted by molar-refractivity contribution is -0.384. The van der Waals surface area contributed by atoms with Gasteiger partial charge in [-0.1, -0.05) is 28.9 Å². The Bertz CT molecular complexity index is 912. The van der Waals surface area contributed by atoms with Crippen molar-refractivity contribution >= 4 is 28.0 Å². The molecule has 0 saturated carbocycles. The van der Waals surface area contributed by atoms with Gasteiger partial charge in [0.2, 0.25) is 0 Å². The van der Waals surface area contributed by atoms with Crippen LogP contribution in [0.4, 0.5) is 11.4 Å². The molecule has 0 aromatic heterocycles. The molecule has 1 aliphatic heterocycles. The number of hydrogen-bond donors (Lipinski definition) is 0. The maximum absolute atomic E-state index is 12.2. The van der Waals surface area contributed by atoms with E-state index in [0.29, 0.717) is 35.8 Å². The van der Waals surface area contributed by atoms with Gasteiger partial charge in [-0.05, 0) is 24.3 Å². The summed E-state index contributed by atoms with van der Waals surface area (Å²) in [5.41, 5.74) is 1.28. The number of amides is 1. The first-order valence-electron chi connectivity index (χ1n) is 8.00. The predicted octanol–water partition coefficient (Wildman–Crippen LogP) is 2.93. The first-order valence-corrected chi connectivity index (χ1v) is 9.52. The van der Waals surface area contributed by atoms with Gasteiger partial charge in [0, 0.05) is 36.2 Å². The largest absolute Gasteiger partial charge is 0.364 e. The van der Waals surface area contributed by atoms with Crippen LogP contribution in [-0.4, -0.2) is 35.4 Å². The van der Waals surface area contributed by atoms with E-state index in [1.54, 1.807) is 36.4 Å². The molecule has 0 bridgehead atoms. The molecule has 0 radical (unpaired) electrons. The van der Waals surface area contributed by atoms with Crippen molar-refractivity contribution in [2.75, 3.05) is 29.5 Å². The highest BCUT2D eigenvalue weighted by Gasteiger charge is 2.23. The van der Waals surface area contributed by atoms with Crippen LogP contribution in [0.25, 0.3) is 0 Å². The summed E-state index contributed by atoms with van der Waals surface area (Å²) in [4.78, 5) is 24.9. The lowest BCUT2D eigenvalue weighted by Gasteiger charge is -2.29. The van der Waals surface area contributed by atoms with Gasteiger partial charge in [0.15, 0.2) is 0 Å². The summed E-state index contributed by atoms with van der Waals surface area (Å²) < 4.78 is 4.30. The minimum atomic E-state index is -0.464. The van der Waals surface area contributed by atoms with Crippen molar-refractivity contribution in [3.8, 4) is 6.07 Å². The molecule has 1 amide bonds. The van der Waals surface area contributed by atoms with Crippen LogP contribution in [0, 0.1) is 21.4 Å². The molecule has 2 aromatic rings. The summed E-state index contributed by atoms with van der Waals surface area (Å²) in [5, 5.41) is 20.2. The number of benzene rings is 2. The van der Waals surface area contributed by atoms with E-state index in [-0.39, 0.29) is 27.8 Å². The predicted molar refractivity (Wildman–Crippen MR) is 100 cm³/mol. The number of carbonyl (C=O) groups excluding carboxylic acids is 1. The molecule has 1 saturated heterocycles. The molecule has 26 heavy (non-hydrogen) atoms. The quantitative estimate of drug-likeness (QED) is 0.612. The minimum absolute atomic E-state index is 0.0665. The molecule has 132 valence electrons. The zero-order valence-electron chi connectivity index (χ0n) is 13.9. The van der Waals surface area contributed by atoms with Crippen molar-refractivity contribution < 1.29 is 9.72 Å². The Hall–Kier alpha value is -3.05. The van der Waals surface area contributed by atoms with E-state index < -0.39 is 4.92 Å². The molecule has 8 heteroatoms. The molecule has 0 spiro atoms. The number of rotatable bonds is 3. The van der Waals surface area contributed by atoms with Crippen molar-refractivity contribution in [2.24, 2.45) is 4.36 Å². The Morgan fingerprint density at radius 3 is 2.50 bits per heavy atom. The van der Waals surface area contributed by atoms with Crippen molar-refractivity contribution in [3.63, 3.8) is 0 Å². The van der Waals surface area contributed by atoms with E-state index >= 15 is 0 Å². The van der Waals surface area contributed by atoms with Crippen LogP contribution in [0.3, 0.4) is 0 Å². The van der Waals surface area contributed by atoms with Crippen LogP contribution in [-0.2, 0) is 10.7 Å². The molecule has 0 N–H and O–H groups in total. The van der Waals surface area contributed by atoms with Gasteiger partial charge >= 0.3 is 0 Å². The molecular formula is C18H16N4O3S. The average Bonchev–Trinajstić information content (AvgIpc) is 2.68. The molecule has 3 rings (SSSR count). The molecular weight excluding hydrogens is 352 g/mol. The number of nitro groups is 1. The van der Waals surface area contributed by atoms with E-state index in [9.17, 15) is 14.9 Å². The van der Waals surface area contributed by atoms with Crippen LogP contribution in [0.5, 0.6) is 0 Å². The third-order valence-corrected chi connectivity index (χ3v) is 5.80. The van der Waals surface area contributed by atoms with Crippen molar-refractivity contribution in [3.05, 3.63) is 69.8 Å². The standard InChI is InChI=1S/C18H16N4O3S/c19-13-14-6-7-16(17(12-14)22(24)25)21-8-10-26(11-9-21)20-18(23)15-4-2-1-3-5-15/h1-7,12H,8-11H2. The van der Waals surface area contributed by atoms with Crippen LogP contribution < -0.4 is 4.90 Å². The molecule has 2 aromatic carbocycles. The van der Waals surface area contributed by atoms with Crippen molar-refractivity contribution in [1.82, 2.24) is 0 Å². The molecule has 0 aliphatic carbocycles. The summed E-state index contributed by atoms with van der Waals surface area (Å²) in [6, 6.07) is 15.4. The highest BCUT2D eigenvalue weighted by molar-refractivity contribution is 7.87. The van der Waals surface area contributed by atoms with Crippen LogP contribution in [0.15, 0.2) is 52.9 Å². The highest BCUT2D eigenvalue weighted by Crippen LogP contribution is 2.30. The van der Waals surface area contributed by atoms with Gasteiger partial charge in [-0.2, -0.15) is 9.62 Å². The smallest absolute Gasteiger partial charge is 0.293 e. The molecule has 0 atom stereocenters. The molecule has 1 aliphatic rings. The van der Waals surface area contributed by atoms with E-state index in [4.69, 9.17) is 5.26 Å². The van der Waals surface area contributed by atoms with E-state index in [1.165, 1.54) is 6.07 Å². The van der Waals surface area contributed by atoms with Crippen LogP contribution in [0.1, 0.15) is 15.9 Å². The second-order valence-corrected chi connectivity index (χ2v) is 7.62. The number of nitriles is 1. The summed E-state index contributed by atoms with van der Waals surface area (Å²) in [7, 11) is -0.381. The molecule has 1 heterocycles. The Morgan fingerprint density at radius 2 is 1.88 bits per heavy atom. The van der Waals surface area contributed by atoms with Gasteiger partial charge in [-0.25, -0.2) is 0 Å². The first kappa shape index (κ1) is 17.8. The summed E-state index contributed by atoms with van der Waals surface area (Å²) >= 11 is 0. The van der Waals surface area contributed by atoms with Gasteiger partial charge in [0.05, 0.1) is 16.6 Å². The molecule has 7 nitrogen and oxygen atoms in total. The third-order valence-electron chi connectivity index (χ3n) is 4.07. The third kappa shape index (κ3) is 3.95. The second kappa shape index (κ2) is 7.89. The van der Waals surface area contributed by atoms with E-state index in [0.717, 1.165) is 0 Å². The fraction of sp³-hybridized carbons (Fsp3) is 0.222. The molecule has 1 fully saturated rings. The van der Waals surface area contributed by atoms with Gasteiger partial charge in [-0.3, -0.25) is 14.9 Å². The Kier molecular flexibility index (Phi) is 5.39. The highest BCUT2D eigenvalue weighted by atomic mass is 32.2. The summed E-state index contributed by atoms with van der Waals surface area (Å²) in [6.45, 7) is 1.17. The maximum Gasteiger partial charge on any atom is 0.293 e. The van der Waals surface area contributed by atoms with Gasteiger partial charge in [-0.15, -0.1) is 0 Å². The number of carbonyl (C=O) groups is 1. The minimum Gasteiger partial charge on any atom is -0.364 e.